The molecule has 1 rings (SSSR count). The highest BCUT2D eigenvalue weighted by Crippen LogP contribution is 2.36. The lowest BCUT2D eigenvalue weighted by Crippen LogP contribution is -2.37. The second kappa shape index (κ2) is 7.35. The summed E-state index contributed by atoms with van der Waals surface area (Å²) in [7, 11) is -3.63. The molecule has 0 saturated carbocycles. The fourth-order valence-electron chi connectivity index (χ4n) is 1.67. The van der Waals surface area contributed by atoms with Gasteiger partial charge in [0, 0.05) is 19.0 Å². The van der Waals surface area contributed by atoms with E-state index < -0.39 is 16.0 Å². The van der Waals surface area contributed by atoms with Crippen LogP contribution >= 0.6 is 43.2 Å². The number of carboxylic acid groups (broad SMARTS) is 1. The zero-order chi connectivity index (χ0) is 15.5. The van der Waals surface area contributed by atoms with E-state index in [1.54, 1.807) is 19.9 Å². The minimum atomic E-state index is -3.63. The molecule has 0 atom stereocenters. The van der Waals surface area contributed by atoms with Crippen molar-refractivity contribution in [2.45, 2.75) is 37.6 Å². The van der Waals surface area contributed by atoms with Gasteiger partial charge in [-0.3, -0.25) is 4.79 Å². The van der Waals surface area contributed by atoms with Gasteiger partial charge in [-0.25, -0.2) is 8.42 Å². The molecular formula is C11H15Br2NO4S2. The molecule has 114 valence electrons. The van der Waals surface area contributed by atoms with Gasteiger partial charge in [0.1, 0.15) is 4.90 Å². The molecule has 0 aliphatic rings. The molecule has 0 bridgehead atoms. The van der Waals surface area contributed by atoms with Gasteiger partial charge in [-0.15, -0.1) is 11.3 Å². The zero-order valence-corrected chi connectivity index (χ0v) is 15.8. The van der Waals surface area contributed by atoms with Crippen LogP contribution in [-0.4, -0.2) is 36.4 Å². The summed E-state index contributed by atoms with van der Waals surface area (Å²) in [5, 5.41) is 8.65. The fraction of sp³-hybridized carbons (Fsp3) is 0.545. The second-order valence-electron chi connectivity index (χ2n) is 4.40. The number of sulfonamides is 1. The summed E-state index contributed by atoms with van der Waals surface area (Å²) in [5.74, 6) is -0.925. The normalized spacial score (nSPS) is 12.3. The summed E-state index contributed by atoms with van der Waals surface area (Å²) in [4.78, 5) is 10.8. The van der Waals surface area contributed by atoms with Gasteiger partial charge >= 0.3 is 5.97 Å². The molecule has 0 unspecified atom stereocenters. The van der Waals surface area contributed by atoms with E-state index in [0.717, 1.165) is 3.79 Å². The van der Waals surface area contributed by atoms with Crippen LogP contribution < -0.4 is 0 Å². The van der Waals surface area contributed by atoms with E-state index in [2.05, 4.69) is 31.9 Å². The lowest BCUT2D eigenvalue weighted by molar-refractivity contribution is -0.137. The number of rotatable bonds is 7. The first kappa shape index (κ1) is 18.1. The molecule has 9 heteroatoms. The van der Waals surface area contributed by atoms with Crippen LogP contribution in [0.4, 0.5) is 0 Å². The van der Waals surface area contributed by atoms with Crippen molar-refractivity contribution in [3.63, 3.8) is 0 Å². The van der Waals surface area contributed by atoms with E-state index in [1.807, 2.05) is 0 Å². The zero-order valence-electron chi connectivity index (χ0n) is 11.0. The van der Waals surface area contributed by atoms with E-state index in [4.69, 9.17) is 5.11 Å². The molecule has 0 aliphatic heterocycles. The quantitative estimate of drug-likeness (QED) is 0.692. The summed E-state index contributed by atoms with van der Waals surface area (Å²) in [6.07, 6.45) is 0.239. The van der Waals surface area contributed by atoms with Crippen molar-refractivity contribution in [3.8, 4) is 0 Å². The summed E-state index contributed by atoms with van der Waals surface area (Å²) >= 11 is 7.80. The van der Waals surface area contributed by atoms with Crippen molar-refractivity contribution in [1.82, 2.24) is 4.31 Å². The molecule has 0 aliphatic carbocycles. The Bertz CT molecular complexity index is 583. The Labute approximate surface area is 139 Å². The smallest absolute Gasteiger partial charge is 0.303 e. The Morgan fingerprint density at radius 3 is 2.45 bits per heavy atom. The monoisotopic (exact) mass is 447 g/mol. The van der Waals surface area contributed by atoms with Crippen molar-refractivity contribution in [1.29, 1.82) is 0 Å². The highest BCUT2D eigenvalue weighted by Gasteiger charge is 2.30. The second-order valence-corrected chi connectivity index (χ2v) is 10.0. The van der Waals surface area contributed by atoms with Gasteiger partial charge < -0.3 is 5.11 Å². The molecule has 0 amide bonds. The molecule has 1 aromatic rings. The average molecular weight is 449 g/mol. The Morgan fingerprint density at radius 1 is 1.45 bits per heavy atom. The van der Waals surface area contributed by atoms with E-state index in [0.29, 0.717) is 3.79 Å². The molecule has 1 heterocycles. The third kappa shape index (κ3) is 4.52. The molecule has 0 radical (unpaired) electrons. The predicted molar refractivity (Wildman–Crippen MR) is 85.6 cm³/mol. The van der Waals surface area contributed by atoms with Crippen molar-refractivity contribution < 1.29 is 18.3 Å². The molecule has 1 aromatic heterocycles. The summed E-state index contributed by atoms with van der Waals surface area (Å²) < 4.78 is 27.8. The number of aliphatic carboxylic acids is 1. The molecule has 0 saturated heterocycles. The maximum absolute atomic E-state index is 12.6. The maximum Gasteiger partial charge on any atom is 0.303 e. The third-order valence-corrected chi connectivity index (χ3v) is 7.39. The van der Waals surface area contributed by atoms with Gasteiger partial charge in [-0.1, -0.05) is 0 Å². The minimum Gasteiger partial charge on any atom is -0.481 e. The van der Waals surface area contributed by atoms with Crippen LogP contribution in [0, 0.1) is 0 Å². The third-order valence-electron chi connectivity index (χ3n) is 2.56. The number of nitrogens with zero attached hydrogens (tertiary/aromatic N) is 1. The maximum atomic E-state index is 12.6. The highest BCUT2D eigenvalue weighted by atomic mass is 79.9. The van der Waals surface area contributed by atoms with E-state index in [1.165, 1.54) is 15.6 Å². The van der Waals surface area contributed by atoms with Crippen LogP contribution in [0.15, 0.2) is 18.5 Å². The number of hydrogen-bond donors (Lipinski definition) is 1. The Hall–Kier alpha value is 0.0400. The Balaban J connectivity index is 3.01. The Morgan fingerprint density at radius 2 is 2.05 bits per heavy atom. The Kier molecular flexibility index (Phi) is 6.65. The molecule has 5 nitrogen and oxygen atoms in total. The van der Waals surface area contributed by atoms with E-state index >= 15 is 0 Å². The van der Waals surface area contributed by atoms with Crippen molar-refractivity contribution in [3.05, 3.63) is 13.6 Å². The largest absolute Gasteiger partial charge is 0.481 e. The molecule has 0 aromatic carbocycles. The first-order valence-corrected chi connectivity index (χ1v) is 9.69. The van der Waals surface area contributed by atoms with Crippen molar-refractivity contribution in [2.75, 3.05) is 6.54 Å². The van der Waals surface area contributed by atoms with Crippen LogP contribution in [-0.2, 0) is 14.8 Å². The summed E-state index contributed by atoms with van der Waals surface area (Å²) in [5.41, 5.74) is 0. The van der Waals surface area contributed by atoms with Crippen LogP contribution in [0.5, 0.6) is 0 Å². The number of halogens is 2. The first-order chi connectivity index (χ1) is 9.16. The van der Waals surface area contributed by atoms with Crippen LogP contribution in [0.3, 0.4) is 0 Å². The van der Waals surface area contributed by atoms with Crippen LogP contribution in [0.25, 0.3) is 0 Å². The first-order valence-electron chi connectivity index (χ1n) is 5.84. The minimum absolute atomic E-state index is 0.0484. The topological polar surface area (TPSA) is 74.7 Å². The van der Waals surface area contributed by atoms with E-state index in [-0.39, 0.29) is 30.3 Å². The molecule has 0 fully saturated rings. The summed E-state index contributed by atoms with van der Waals surface area (Å²) in [6, 6.07) is 1.32. The summed E-state index contributed by atoms with van der Waals surface area (Å²) in [6.45, 7) is 3.73. The van der Waals surface area contributed by atoms with Crippen molar-refractivity contribution in [2.24, 2.45) is 0 Å². The van der Waals surface area contributed by atoms with Gasteiger partial charge in [0.15, 0.2) is 0 Å². The molecule has 0 spiro atoms. The number of carbonyl (C=O) groups is 1. The standard InChI is InChI=1S/C11H15Br2NO4S2/c1-7(2)14(5-3-4-10(15)16)20(17,18)8-6-9(12)19-11(8)13/h6-7H,3-5H2,1-2H3,(H,15,16). The molecular weight excluding hydrogens is 434 g/mol. The number of carboxylic acids is 1. The van der Waals surface area contributed by atoms with Gasteiger partial charge in [0.2, 0.25) is 10.0 Å². The van der Waals surface area contributed by atoms with Gasteiger partial charge in [-0.05, 0) is 58.2 Å². The SMILES string of the molecule is CC(C)N(CCCC(=O)O)S(=O)(=O)c1cc(Br)sc1Br. The lowest BCUT2D eigenvalue weighted by Gasteiger charge is -2.25. The number of hydrogen-bond acceptors (Lipinski definition) is 4. The fourth-order valence-corrected chi connectivity index (χ4v) is 7.11. The molecule has 20 heavy (non-hydrogen) atoms. The molecule has 1 N–H and O–H groups in total. The van der Waals surface area contributed by atoms with Crippen LogP contribution in [0.1, 0.15) is 26.7 Å². The van der Waals surface area contributed by atoms with Gasteiger partial charge in [-0.2, -0.15) is 4.31 Å². The highest BCUT2D eigenvalue weighted by molar-refractivity contribution is 9.12. The van der Waals surface area contributed by atoms with Gasteiger partial charge in [0.05, 0.1) is 7.57 Å². The number of thiophene rings is 1. The average Bonchev–Trinajstić information content (AvgIpc) is 2.63. The van der Waals surface area contributed by atoms with E-state index in [9.17, 15) is 13.2 Å². The lowest BCUT2D eigenvalue weighted by atomic mass is 10.3. The van der Waals surface area contributed by atoms with Gasteiger partial charge in [0.25, 0.3) is 0 Å². The van der Waals surface area contributed by atoms with Crippen LogP contribution in [0.2, 0.25) is 0 Å². The predicted octanol–water partition coefficient (Wildman–Crippen LogP) is 3.54. The van der Waals surface area contributed by atoms with Crippen molar-refractivity contribution >= 4 is 59.2 Å².